The quantitative estimate of drug-likeness (QED) is 0.102. The summed E-state index contributed by atoms with van der Waals surface area (Å²) in [6.07, 6.45) is 12.6. The fraction of sp³-hybridized carbons (Fsp3) is 0.300. The van der Waals surface area contributed by atoms with E-state index in [2.05, 4.69) is 194 Å². The molecule has 1 aromatic heterocycles. The van der Waals surface area contributed by atoms with Gasteiger partial charge in [0.05, 0.1) is 11.0 Å². The van der Waals surface area contributed by atoms with Crippen molar-refractivity contribution in [2.24, 2.45) is 0 Å². The van der Waals surface area contributed by atoms with Crippen LogP contribution < -0.4 is 9.47 Å². The number of fused-ring (bicyclic) bond motifs is 10. The molecule has 2 heterocycles. The lowest BCUT2D eigenvalue weighted by molar-refractivity contribution is -0.754. The molecular formula is C50H51N2+. The van der Waals surface area contributed by atoms with Gasteiger partial charge < -0.3 is 4.90 Å². The Kier molecular flexibility index (Phi) is 6.69. The van der Waals surface area contributed by atoms with Crippen LogP contribution in [-0.2, 0) is 27.2 Å². The van der Waals surface area contributed by atoms with Gasteiger partial charge in [-0.25, -0.2) is 0 Å². The molecular weight excluding hydrogens is 629 g/mol. The summed E-state index contributed by atoms with van der Waals surface area (Å²) in [5, 5.41) is 0. The van der Waals surface area contributed by atoms with Crippen molar-refractivity contribution in [3.63, 3.8) is 0 Å². The van der Waals surface area contributed by atoms with Gasteiger partial charge in [-0.3, -0.25) is 0 Å². The Bertz CT molecular complexity index is 2420. The molecule has 9 rings (SSSR count). The number of aromatic nitrogens is 1. The number of pyridine rings is 1. The van der Waals surface area contributed by atoms with Crippen molar-refractivity contribution in [3.8, 4) is 22.4 Å². The number of anilines is 3. The summed E-state index contributed by atoms with van der Waals surface area (Å²) < 4.78 is 2.61. The van der Waals surface area contributed by atoms with E-state index in [4.69, 9.17) is 0 Å². The maximum atomic E-state index is 4.06. The van der Waals surface area contributed by atoms with Crippen LogP contribution in [0.4, 0.5) is 17.1 Å². The molecule has 0 amide bonds. The van der Waals surface area contributed by atoms with E-state index in [1.165, 1.54) is 61.5 Å². The fourth-order valence-corrected chi connectivity index (χ4v) is 10.6. The monoisotopic (exact) mass is 679 g/mol. The lowest BCUT2D eigenvalue weighted by Gasteiger charge is -2.49. The van der Waals surface area contributed by atoms with Crippen molar-refractivity contribution in [1.29, 1.82) is 0 Å². The first-order valence-electron chi connectivity index (χ1n) is 19.0. The molecule has 2 heteroatoms. The molecule has 0 saturated heterocycles. The first-order chi connectivity index (χ1) is 24.6. The van der Waals surface area contributed by atoms with E-state index in [1.807, 2.05) is 6.08 Å². The topological polar surface area (TPSA) is 7.12 Å². The lowest BCUT2D eigenvalue weighted by atomic mass is 9.56. The molecule has 1 aliphatic heterocycles. The number of benzene rings is 4. The Labute approximate surface area is 310 Å². The molecule has 52 heavy (non-hydrogen) atoms. The molecule has 0 bridgehead atoms. The molecule has 0 radical (unpaired) electrons. The van der Waals surface area contributed by atoms with E-state index in [9.17, 15) is 0 Å². The van der Waals surface area contributed by atoms with E-state index < -0.39 is 0 Å². The third kappa shape index (κ3) is 4.21. The number of nitrogens with zero attached hydrogens (tertiary/aromatic N) is 2. The summed E-state index contributed by atoms with van der Waals surface area (Å²) in [5.41, 5.74) is 18.2. The van der Waals surface area contributed by atoms with Crippen LogP contribution in [0.15, 0.2) is 128 Å². The largest absolute Gasteiger partial charge is 0.310 e. The maximum Gasteiger partial charge on any atom is 0.213 e. The zero-order valence-electron chi connectivity index (χ0n) is 32.4. The minimum atomic E-state index is -0.125. The molecule has 3 aliphatic carbocycles. The van der Waals surface area contributed by atoms with Crippen molar-refractivity contribution in [2.75, 3.05) is 4.90 Å². The van der Waals surface area contributed by atoms with Crippen molar-refractivity contribution in [1.82, 2.24) is 0 Å². The average Bonchev–Trinajstić information content (AvgIpc) is 3.47. The highest BCUT2D eigenvalue weighted by Gasteiger charge is 2.62. The van der Waals surface area contributed by atoms with Crippen LogP contribution in [0.5, 0.6) is 0 Å². The molecule has 260 valence electrons. The standard InChI is InChI=1S/C50H51N2/c1-11-32(12-2)33-17-19-34(20-18-33)52(36-21-23-38-37-15-13-14-16-40(37)48(7,8)42(38)28-36)35-22-24-41-39(27-35)45-29-43-44(47(5,6)31-46(43,3)4)30-51(45)50(10)26-25-49(41,50)9/h11-30H,1,31H2,2-10H3/q+1. The molecule has 4 aromatic carbocycles. The van der Waals surface area contributed by atoms with Gasteiger partial charge in [-0.2, -0.15) is 4.57 Å². The van der Waals surface area contributed by atoms with Crippen molar-refractivity contribution >= 4 is 22.6 Å². The Balaban J connectivity index is 1.27. The van der Waals surface area contributed by atoms with Gasteiger partial charge in [0.15, 0.2) is 11.7 Å². The molecule has 0 fully saturated rings. The lowest BCUT2D eigenvalue weighted by Crippen LogP contribution is -2.70. The minimum Gasteiger partial charge on any atom is -0.310 e. The summed E-state index contributed by atoms with van der Waals surface area (Å²) in [6.45, 7) is 25.4. The predicted octanol–water partition coefficient (Wildman–Crippen LogP) is 12.5. The number of rotatable bonds is 5. The molecule has 0 spiro atoms. The third-order valence-electron chi connectivity index (χ3n) is 13.6. The van der Waals surface area contributed by atoms with Crippen LogP contribution in [0.3, 0.4) is 0 Å². The summed E-state index contributed by atoms with van der Waals surface area (Å²) in [4.78, 5) is 2.46. The summed E-state index contributed by atoms with van der Waals surface area (Å²) >= 11 is 0. The molecule has 0 saturated carbocycles. The van der Waals surface area contributed by atoms with Crippen molar-refractivity contribution in [2.45, 2.75) is 95.9 Å². The van der Waals surface area contributed by atoms with Crippen LogP contribution in [-0.4, -0.2) is 0 Å². The van der Waals surface area contributed by atoms with Gasteiger partial charge in [0.1, 0.15) is 0 Å². The van der Waals surface area contributed by atoms with Crippen LogP contribution in [0.2, 0.25) is 0 Å². The number of hydrogen-bond donors (Lipinski definition) is 0. The summed E-state index contributed by atoms with van der Waals surface area (Å²) in [6, 6.07) is 34.8. The molecule has 0 N–H and O–H groups in total. The Morgan fingerprint density at radius 3 is 1.98 bits per heavy atom. The number of hydrogen-bond acceptors (Lipinski definition) is 1. The number of allylic oxidation sites excluding steroid dienone is 5. The average molecular weight is 680 g/mol. The first-order valence-corrected chi connectivity index (χ1v) is 19.0. The van der Waals surface area contributed by atoms with E-state index in [0.29, 0.717) is 0 Å². The SMILES string of the molecule is C=CC(=CC)c1ccc(N(c2ccc3c(c2)-c2cc4c(c[n+]2C2(C)C=CC32C)C(C)(C)CC4(C)C)c2ccc3c(c2)C(C)(C)c2ccccc2-3)cc1. The second-order valence-electron chi connectivity index (χ2n) is 17.9. The van der Waals surface area contributed by atoms with Crippen LogP contribution in [0.1, 0.15) is 102 Å². The van der Waals surface area contributed by atoms with Gasteiger partial charge in [-0.15, -0.1) is 0 Å². The first kappa shape index (κ1) is 32.9. The zero-order valence-corrected chi connectivity index (χ0v) is 32.4. The van der Waals surface area contributed by atoms with Gasteiger partial charge in [0.2, 0.25) is 5.69 Å². The Morgan fingerprint density at radius 2 is 1.29 bits per heavy atom. The molecule has 4 aliphatic rings. The van der Waals surface area contributed by atoms with Crippen molar-refractivity contribution < 1.29 is 4.57 Å². The Morgan fingerprint density at radius 1 is 0.635 bits per heavy atom. The van der Waals surface area contributed by atoms with Crippen LogP contribution >= 0.6 is 0 Å². The second kappa shape index (κ2) is 10.6. The van der Waals surface area contributed by atoms with E-state index in [0.717, 1.165) is 23.4 Å². The van der Waals surface area contributed by atoms with Crippen LogP contribution in [0, 0.1) is 0 Å². The van der Waals surface area contributed by atoms with Gasteiger partial charge >= 0.3 is 0 Å². The smallest absolute Gasteiger partial charge is 0.213 e. The molecule has 2 atom stereocenters. The minimum absolute atomic E-state index is 0.0930. The summed E-state index contributed by atoms with van der Waals surface area (Å²) in [5.74, 6) is 0. The zero-order chi connectivity index (χ0) is 36.6. The van der Waals surface area contributed by atoms with Gasteiger partial charge in [-0.1, -0.05) is 115 Å². The highest BCUT2D eigenvalue weighted by Crippen LogP contribution is 2.57. The molecule has 5 aromatic rings. The van der Waals surface area contributed by atoms with Crippen LogP contribution in [0.25, 0.3) is 28.0 Å². The van der Waals surface area contributed by atoms with Gasteiger partial charge in [0, 0.05) is 41.0 Å². The fourth-order valence-electron chi connectivity index (χ4n) is 10.6. The normalized spacial score (nSPS) is 23.4. The molecule has 2 nitrogen and oxygen atoms in total. The predicted molar refractivity (Wildman–Crippen MR) is 219 cm³/mol. The third-order valence-corrected chi connectivity index (χ3v) is 13.6. The van der Waals surface area contributed by atoms with E-state index in [-0.39, 0.29) is 27.2 Å². The highest BCUT2D eigenvalue weighted by atomic mass is 15.1. The molecule has 2 unspecified atom stereocenters. The Hall–Kier alpha value is -4.95. The van der Waals surface area contributed by atoms with E-state index >= 15 is 0 Å². The van der Waals surface area contributed by atoms with Gasteiger partial charge in [0.25, 0.3) is 0 Å². The second-order valence-corrected chi connectivity index (χ2v) is 17.9. The highest BCUT2D eigenvalue weighted by molar-refractivity contribution is 5.87. The van der Waals surface area contributed by atoms with Gasteiger partial charge in [-0.05, 0) is 118 Å². The maximum absolute atomic E-state index is 4.06. The summed E-state index contributed by atoms with van der Waals surface area (Å²) in [7, 11) is 0. The van der Waals surface area contributed by atoms with E-state index in [1.54, 1.807) is 0 Å². The van der Waals surface area contributed by atoms with Crippen molar-refractivity contribution in [3.05, 3.63) is 161 Å².